The summed E-state index contributed by atoms with van der Waals surface area (Å²) < 4.78 is 27.3. The maximum absolute atomic E-state index is 12.3. The highest BCUT2D eigenvalue weighted by Gasteiger charge is 2.18. The van der Waals surface area contributed by atoms with Gasteiger partial charge in [-0.15, -0.1) is 0 Å². The maximum Gasteiger partial charge on any atom is 0.240 e. The zero-order valence-electron chi connectivity index (χ0n) is 12.7. The van der Waals surface area contributed by atoms with Crippen molar-refractivity contribution in [3.8, 4) is 0 Å². The van der Waals surface area contributed by atoms with E-state index in [1.54, 1.807) is 19.1 Å². The molecule has 1 fully saturated rings. The van der Waals surface area contributed by atoms with Crippen molar-refractivity contribution in [3.63, 3.8) is 0 Å². The summed E-state index contributed by atoms with van der Waals surface area (Å²) in [5, 5.41) is 0. The van der Waals surface area contributed by atoms with E-state index >= 15 is 0 Å². The normalized spacial score (nSPS) is 18.0. The zero-order chi connectivity index (χ0) is 15.5. The molecule has 0 radical (unpaired) electrons. The predicted molar refractivity (Wildman–Crippen MR) is 84.7 cm³/mol. The molecule has 2 rings (SSSR count). The molecule has 1 aliphatic heterocycles. The first-order valence-corrected chi connectivity index (χ1v) is 8.63. The molecule has 0 unspecified atom stereocenters. The van der Waals surface area contributed by atoms with E-state index in [2.05, 4.69) is 21.6 Å². The number of piperazine rings is 1. The second kappa shape index (κ2) is 6.74. The molecular formula is C14H24N4O2S. The van der Waals surface area contributed by atoms with E-state index in [4.69, 9.17) is 5.73 Å². The Bertz CT molecular complexity index is 581. The molecule has 1 saturated heterocycles. The van der Waals surface area contributed by atoms with Crippen LogP contribution >= 0.6 is 0 Å². The minimum absolute atomic E-state index is 0.265. The number of hydrogen-bond acceptors (Lipinski definition) is 5. The van der Waals surface area contributed by atoms with Crippen molar-refractivity contribution in [1.82, 2.24) is 14.5 Å². The van der Waals surface area contributed by atoms with Gasteiger partial charge in [-0.3, -0.25) is 4.90 Å². The van der Waals surface area contributed by atoms with Crippen molar-refractivity contribution in [2.75, 3.05) is 52.0 Å². The largest absolute Gasteiger partial charge is 0.399 e. The number of nitrogen functional groups attached to an aromatic ring is 1. The van der Waals surface area contributed by atoms with E-state index in [1.165, 1.54) is 6.07 Å². The Morgan fingerprint density at radius 2 is 1.90 bits per heavy atom. The highest BCUT2D eigenvalue weighted by atomic mass is 32.2. The second-order valence-electron chi connectivity index (χ2n) is 5.57. The lowest BCUT2D eigenvalue weighted by atomic mass is 10.2. The zero-order valence-corrected chi connectivity index (χ0v) is 13.5. The van der Waals surface area contributed by atoms with Crippen LogP contribution < -0.4 is 10.5 Å². The molecule has 0 bridgehead atoms. The average molecular weight is 312 g/mol. The van der Waals surface area contributed by atoms with Crippen molar-refractivity contribution in [3.05, 3.63) is 23.8 Å². The molecule has 1 aromatic carbocycles. The molecule has 1 aromatic rings. The summed E-state index contributed by atoms with van der Waals surface area (Å²) in [5.41, 5.74) is 6.84. The fourth-order valence-electron chi connectivity index (χ4n) is 2.39. The summed E-state index contributed by atoms with van der Waals surface area (Å²) in [7, 11) is -1.39. The van der Waals surface area contributed by atoms with Gasteiger partial charge >= 0.3 is 0 Å². The van der Waals surface area contributed by atoms with E-state index in [1.807, 2.05) is 0 Å². The lowest BCUT2D eigenvalue weighted by Gasteiger charge is -2.32. The van der Waals surface area contributed by atoms with Gasteiger partial charge in [0, 0.05) is 45.0 Å². The topological polar surface area (TPSA) is 78.7 Å². The Morgan fingerprint density at radius 1 is 1.24 bits per heavy atom. The number of aryl methyl sites for hydroxylation is 1. The van der Waals surface area contributed by atoms with Crippen LogP contribution in [0.4, 0.5) is 5.69 Å². The molecule has 118 valence electrons. The molecule has 0 aliphatic carbocycles. The van der Waals surface area contributed by atoms with Gasteiger partial charge in [0.05, 0.1) is 4.90 Å². The minimum Gasteiger partial charge on any atom is -0.399 e. The first-order valence-electron chi connectivity index (χ1n) is 7.15. The molecule has 7 heteroatoms. The van der Waals surface area contributed by atoms with E-state index in [0.29, 0.717) is 17.8 Å². The van der Waals surface area contributed by atoms with E-state index in [0.717, 1.165) is 32.7 Å². The predicted octanol–water partition coefficient (Wildman–Crippen LogP) is 0.103. The molecule has 1 aliphatic rings. The fourth-order valence-corrected chi connectivity index (χ4v) is 3.69. The molecule has 0 saturated carbocycles. The lowest BCUT2D eigenvalue weighted by molar-refractivity contribution is 0.156. The first-order chi connectivity index (χ1) is 9.88. The van der Waals surface area contributed by atoms with Gasteiger partial charge in [-0.05, 0) is 31.7 Å². The van der Waals surface area contributed by atoms with E-state index in [-0.39, 0.29) is 4.90 Å². The van der Waals surface area contributed by atoms with Crippen LogP contribution in [0.15, 0.2) is 23.1 Å². The Labute approximate surface area is 127 Å². The van der Waals surface area contributed by atoms with Crippen LogP contribution in [0.5, 0.6) is 0 Å². The second-order valence-corrected chi connectivity index (χ2v) is 7.30. The number of hydrogen-bond donors (Lipinski definition) is 2. The van der Waals surface area contributed by atoms with Crippen LogP contribution in [0.2, 0.25) is 0 Å². The number of benzene rings is 1. The minimum atomic E-state index is -3.49. The summed E-state index contributed by atoms with van der Waals surface area (Å²) in [5.74, 6) is 0. The molecule has 0 spiro atoms. The SMILES string of the molecule is Cc1ccc(N)cc1S(=O)(=O)NCCN1CCN(C)CC1. The standard InChI is InChI=1S/C14H24N4O2S/c1-12-3-4-13(15)11-14(12)21(19,20)16-5-6-18-9-7-17(2)8-10-18/h3-4,11,16H,5-10,15H2,1-2H3. The van der Waals surface area contributed by atoms with Crippen LogP contribution in [0.3, 0.4) is 0 Å². The van der Waals surface area contributed by atoms with Crippen LogP contribution in [0.1, 0.15) is 5.56 Å². The average Bonchev–Trinajstić information content (AvgIpc) is 2.43. The van der Waals surface area contributed by atoms with Crippen molar-refractivity contribution < 1.29 is 8.42 Å². The number of rotatable bonds is 5. The van der Waals surface area contributed by atoms with E-state index < -0.39 is 10.0 Å². The van der Waals surface area contributed by atoms with Gasteiger partial charge in [0.25, 0.3) is 0 Å². The van der Waals surface area contributed by atoms with Crippen LogP contribution in [-0.4, -0.2) is 64.5 Å². The summed E-state index contributed by atoms with van der Waals surface area (Å²) in [6.07, 6.45) is 0. The number of nitrogens with zero attached hydrogens (tertiary/aromatic N) is 2. The summed E-state index contributed by atoms with van der Waals surface area (Å²) in [6, 6.07) is 4.94. The van der Waals surface area contributed by atoms with Crippen LogP contribution in [-0.2, 0) is 10.0 Å². The third kappa shape index (κ3) is 4.41. The van der Waals surface area contributed by atoms with Gasteiger partial charge in [0.1, 0.15) is 0 Å². The highest BCUT2D eigenvalue weighted by Crippen LogP contribution is 2.17. The van der Waals surface area contributed by atoms with Crippen molar-refractivity contribution in [2.24, 2.45) is 0 Å². The smallest absolute Gasteiger partial charge is 0.240 e. The van der Waals surface area contributed by atoms with E-state index in [9.17, 15) is 8.42 Å². The van der Waals surface area contributed by atoms with Crippen molar-refractivity contribution >= 4 is 15.7 Å². The number of anilines is 1. The molecular weight excluding hydrogens is 288 g/mol. The first kappa shape index (κ1) is 16.2. The number of nitrogens with two attached hydrogens (primary N) is 1. The Morgan fingerprint density at radius 3 is 2.57 bits per heavy atom. The van der Waals surface area contributed by atoms with Gasteiger partial charge in [-0.2, -0.15) is 0 Å². The van der Waals surface area contributed by atoms with Crippen molar-refractivity contribution in [1.29, 1.82) is 0 Å². The van der Waals surface area contributed by atoms with Crippen LogP contribution in [0, 0.1) is 6.92 Å². The summed E-state index contributed by atoms with van der Waals surface area (Å²) in [4.78, 5) is 4.81. The molecule has 21 heavy (non-hydrogen) atoms. The van der Waals surface area contributed by atoms with Gasteiger partial charge in [-0.1, -0.05) is 6.07 Å². The van der Waals surface area contributed by atoms with Gasteiger partial charge in [0.2, 0.25) is 10.0 Å². The lowest BCUT2D eigenvalue weighted by Crippen LogP contribution is -2.46. The molecule has 3 N–H and O–H groups in total. The molecule has 6 nitrogen and oxygen atoms in total. The van der Waals surface area contributed by atoms with Crippen LogP contribution in [0.25, 0.3) is 0 Å². The maximum atomic E-state index is 12.3. The molecule has 0 amide bonds. The Kier molecular flexibility index (Phi) is 5.21. The highest BCUT2D eigenvalue weighted by molar-refractivity contribution is 7.89. The van der Waals surface area contributed by atoms with Gasteiger partial charge in [-0.25, -0.2) is 13.1 Å². The monoisotopic (exact) mass is 312 g/mol. The molecule has 0 aromatic heterocycles. The molecule has 0 atom stereocenters. The Balaban J connectivity index is 1.91. The Hall–Kier alpha value is -1.15. The number of sulfonamides is 1. The number of nitrogens with one attached hydrogen (secondary N) is 1. The van der Waals surface area contributed by atoms with Gasteiger partial charge in [0.15, 0.2) is 0 Å². The third-order valence-electron chi connectivity index (χ3n) is 3.82. The fraction of sp³-hybridized carbons (Fsp3) is 0.571. The quantitative estimate of drug-likeness (QED) is 0.754. The van der Waals surface area contributed by atoms with Gasteiger partial charge < -0.3 is 10.6 Å². The summed E-state index contributed by atoms with van der Waals surface area (Å²) >= 11 is 0. The van der Waals surface area contributed by atoms with Crippen molar-refractivity contribution in [2.45, 2.75) is 11.8 Å². The summed E-state index contributed by atoms with van der Waals surface area (Å²) in [6.45, 7) is 6.94. The third-order valence-corrected chi connectivity index (χ3v) is 5.42. The molecule has 1 heterocycles. The number of likely N-dealkylation sites (N-methyl/N-ethyl adjacent to an activating group) is 1.